The quantitative estimate of drug-likeness (QED) is 0.564. The first-order valence-corrected chi connectivity index (χ1v) is 12.1. The summed E-state index contributed by atoms with van der Waals surface area (Å²) in [7, 11) is 0. The fourth-order valence-electron chi connectivity index (χ4n) is 5.38. The van der Waals surface area contributed by atoms with Crippen molar-refractivity contribution in [2.45, 2.75) is 12.8 Å². The van der Waals surface area contributed by atoms with E-state index in [-0.39, 0.29) is 11.4 Å². The van der Waals surface area contributed by atoms with Crippen LogP contribution in [-0.4, -0.2) is 83.3 Å². The highest BCUT2D eigenvalue weighted by molar-refractivity contribution is 5.93. The largest absolute Gasteiger partial charge is 0.378 e. The molecule has 3 saturated heterocycles. The van der Waals surface area contributed by atoms with Gasteiger partial charge in [0.25, 0.3) is 0 Å². The average Bonchev–Trinajstić information content (AvgIpc) is 3.33. The van der Waals surface area contributed by atoms with Crippen molar-refractivity contribution in [2.24, 2.45) is 5.41 Å². The van der Waals surface area contributed by atoms with E-state index < -0.39 is 0 Å². The number of H-pyrrole nitrogens is 1. The lowest BCUT2D eigenvalue weighted by Gasteiger charge is -2.51. The van der Waals surface area contributed by atoms with E-state index in [4.69, 9.17) is 10.00 Å². The maximum Gasteiger partial charge on any atom is 0.321 e. The number of nitrogens with one attached hydrogen (secondary N) is 2. The molecule has 180 valence electrons. The molecule has 10 nitrogen and oxygen atoms in total. The number of amides is 2. The van der Waals surface area contributed by atoms with Crippen LogP contribution < -0.4 is 10.2 Å². The fraction of sp³-hybridized carbons (Fsp3) is 0.440. The molecule has 10 heteroatoms. The molecule has 3 aliphatic heterocycles. The second-order valence-electron chi connectivity index (χ2n) is 9.69. The Morgan fingerprint density at radius 3 is 2.54 bits per heavy atom. The molecule has 5 heterocycles. The molecule has 0 saturated carbocycles. The van der Waals surface area contributed by atoms with Crippen molar-refractivity contribution in [1.29, 1.82) is 5.26 Å². The molecular formula is C25H28N8O2. The number of nitrogens with zero attached hydrogens (tertiary/aromatic N) is 6. The number of piperidine rings is 1. The van der Waals surface area contributed by atoms with Crippen molar-refractivity contribution in [3.05, 3.63) is 36.7 Å². The number of aromatic nitrogens is 3. The number of rotatable bonds is 3. The molecule has 2 amide bonds. The Labute approximate surface area is 203 Å². The zero-order valence-electron chi connectivity index (χ0n) is 19.5. The van der Waals surface area contributed by atoms with Gasteiger partial charge in [-0.3, -0.25) is 0 Å². The smallest absolute Gasteiger partial charge is 0.321 e. The highest BCUT2D eigenvalue weighted by atomic mass is 16.5. The zero-order chi connectivity index (χ0) is 23.8. The van der Waals surface area contributed by atoms with Crippen molar-refractivity contribution in [3.8, 4) is 17.5 Å². The van der Waals surface area contributed by atoms with Gasteiger partial charge >= 0.3 is 6.03 Å². The highest BCUT2D eigenvalue weighted by Gasteiger charge is 2.45. The standard InChI is InChI=1S/C25H28N8O2/c26-16-31-14-25(15-31)5-7-33(8-6-25)24(34)29-19-3-1-18(2-4-19)21-13-20-22(30-21)27-17-28-23(20)32-9-11-35-12-10-32/h1-4,13,17H,5-12,14-15H2,(H,29,34)(H,27,28,30). The molecule has 6 rings (SSSR count). The third-order valence-electron chi connectivity index (χ3n) is 7.47. The summed E-state index contributed by atoms with van der Waals surface area (Å²) in [5.74, 6) is 0.926. The summed E-state index contributed by atoms with van der Waals surface area (Å²) in [6.45, 7) is 6.15. The Kier molecular flexibility index (Phi) is 5.41. The Morgan fingerprint density at radius 2 is 1.83 bits per heavy atom. The van der Waals surface area contributed by atoms with E-state index in [0.29, 0.717) is 13.2 Å². The van der Waals surface area contributed by atoms with Crippen molar-refractivity contribution >= 4 is 28.6 Å². The van der Waals surface area contributed by atoms with Gasteiger partial charge in [0.05, 0.1) is 18.6 Å². The fourth-order valence-corrected chi connectivity index (χ4v) is 5.38. The second kappa shape index (κ2) is 8.74. The Bertz CT molecular complexity index is 1260. The number of nitriles is 1. The molecule has 2 N–H and O–H groups in total. The topological polar surface area (TPSA) is 113 Å². The van der Waals surface area contributed by atoms with Crippen LogP contribution in [0.5, 0.6) is 0 Å². The van der Waals surface area contributed by atoms with Gasteiger partial charge in [-0.05, 0) is 36.6 Å². The van der Waals surface area contributed by atoms with Gasteiger partial charge in [-0.2, -0.15) is 5.26 Å². The molecule has 3 fully saturated rings. The van der Waals surface area contributed by atoms with E-state index in [1.807, 2.05) is 29.2 Å². The number of aromatic amines is 1. The summed E-state index contributed by atoms with van der Waals surface area (Å²) in [6, 6.07) is 9.87. The number of anilines is 2. The van der Waals surface area contributed by atoms with Crippen LogP contribution in [0.25, 0.3) is 22.3 Å². The van der Waals surface area contributed by atoms with Crippen molar-refractivity contribution in [2.75, 3.05) is 62.7 Å². The average molecular weight is 473 g/mol. The molecule has 3 aromatic rings. The zero-order valence-corrected chi connectivity index (χ0v) is 19.5. The van der Waals surface area contributed by atoms with Crippen molar-refractivity contribution < 1.29 is 9.53 Å². The van der Waals surface area contributed by atoms with Crippen LogP contribution in [0.15, 0.2) is 36.7 Å². The van der Waals surface area contributed by atoms with E-state index in [1.165, 1.54) is 0 Å². The molecule has 35 heavy (non-hydrogen) atoms. The number of likely N-dealkylation sites (tertiary alicyclic amines) is 2. The molecular weight excluding hydrogens is 444 g/mol. The molecule has 0 bridgehead atoms. The molecule has 0 aliphatic carbocycles. The van der Waals surface area contributed by atoms with Gasteiger partial charge in [0.15, 0.2) is 6.19 Å². The third kappa shape index (κ3) is 4.12. The summed E-state index contributed by atoms with van der Waals surface area (Å²) < 4.78 is 5.47. The van der Waals surface area contributed by atoms with E-state index in [2.05, 4.69) is 37.4 Å². The van der Waals surface area contributed by atoms with Gasteiger partial charge in [0.2, 0.25) is 0 Å². The van der Waals surface area contributed by atoms with Crippen LogP contribution in [0.1, 0.15) is 12.8 Å². The normalized spacial score (nSPS) is 19.5. The number of morpholine rings is 1. The van der Waals surface area contributed by atoms with Gasteiger partial charge < -0.3 is 29.7 Å². The Morgan fingerprint density at radius 1 is 1.09 bits per heavy atom. The lowest BCUT2D eigenvalue weighted by atomic mass is 9.72. The number of hydrogen-bond donors (Lipinski definition) is 2. The minimum atomic E-state index is -0.0693. The first-order chi connectivity index (χ1) is 17.1. The van der Waals surface area contributed by atoms with Gasteiger partial charge in [-0.25, -0.2) is 14.8 Å². The molecule has 0 radical (unpaired) electrons. The number of hydrogen-bond acceptors (Lipinski definition) is 7. The minimum absolute atomic E-state index is 0.0693. The van der Waals surface area contributed by atoms with Crippen molar-refractivity contribution in [3.63, 3.8) is 0 Å². The number of benzene rings is 1. The van der Waals surface area contributed by atoms with Crippen LogP contribution in [0, 0.1) is 16.9 Å². The lowest BCUT2D eigenvalue weighted by molar-refractivity contribution is -0.00407. The first kappa shape index (κ1) is 21.7. The highest BCUT2D eigenvalue weighted by Crippen LogP contribution is 2.40. The van der Waals surface area contributed by atoms with Crippen molar-refractivity contribution in [1.82, 2.24) is 24.8 Å². The number of carbonyl (C=O) groups excluding carboxylic acids is 1. The van der Waals surface area contributed by atoms with Crippen LogP contribution in [0.3, 0.4) is 0 Å². The predicted molar refractivity (Wildman–Crippen MR) is 132 cm³/mol. The number of carbonyl (C=O) groups is 1. The molecule has 1 aromatic carbocycles. The second-order valence-corrected chi connectivity index (χ2v) is 9.69. The van der Waals surface area contributed by atoms with E-state index >= 15 is 0 Å². The van der Waals surface area contributed by atoms with Crippen LogP contribution in [0.4, 0.5) is 16.3 Å². The summed E-state index contributed by atoms with van der Waals surface area (Å²) in [6.07, 6.45) is 5.71. The lowest BCUT2D eigenvalue weighted by Crippen LogP contribution is -2.59. The van der Waals surface area contributed by atoms with E-state index in [9.17, 15) is 4.79 Å². The number of fused-ring (bicyclic) bond motifs is 1. The van der Waals surface area contributed by atoms with E-state index in [1.54, 1.807) is 11.2 Å². The maximum absolute atomic E-state index is 12.8. The summed E-state index contributed by atoms with van der Waals surface area (Å²) in [5, 5.41) is 13.0. The molecule has 1 spiro atoms. The Balaban J connectivity index is 1.11. The van der Waals surface area contributed by atoms with Gasteiger partial charge in [-0.1, -0.05) is 12.1 Å². The van der Waals surface area contributed by atoms with Crippen LogP contribution in [-0.2, 0) is 4.74 Å². The maximum atomic E-state index is 12.8. The molecule has 2 aromatic heterocycles. The summed E-state index contributed by atoms with van der Waals surface area (Å²) in [4.78, 5) is 31.0. The molecule has 3 aliphatic rings. The molecule has 0 atom stereocenters. The van der Waals surface area contributed by atoms with E-state index in [0.717, 1.165) is 85.9 Å². The van der Waals surface area contributed by atoms with Crippen LogP contribution in [0.2, 0.25) is 0 Å². The van der Waals surface area contributed by atoms with Gasteiger partial charge in [-0.15, -0.1) is 0 Å². The monoisotopic (exact) mass is 472 g/mol. The third-order valence-corrected chi connectivity index (χ3v) is 7.47. The Hall–Kier alpha value is -3.84. The van der Waals surface area contributed by atoms with Gasteiger partial charge in [0.1, 0.15) is 17.8 Å². The summed E-state index contributed by atoms with van der Waals surface area (Å²) in [5.41, 5.74) is 3.77. The minimum Gasteiger partial charge on any atom is -0.378 e. The van der Waals surface area contributed by atoms with Crippen LogP contribution >= 0.6 is 0 Å². The number of ether oxygens (including phenoxy) is 1. The first-order valence-electron chi connectivity index (χ1n) is 12.1. The SMILES string of the molecule is N#CN1CC2(CCN(C(=O)Nc3ccc(-c4cc5c(N6CCOCC6)ncnc5[nH]4)cc3)CC2)C1. The predicted octanol–water partition coefficient (Wildman–Crippen LogP) is 2.87. The summed E-state index contributed by atoms with van der Waals surface area (Å²) >= 11 is 0. The van der Waals surface area contributed by atoms with Gasteiger partial charge in [0, 0.05) is 56.1 Å². The number of urea groups is 1. The molecule has 0 unspecified atom stereocenters.